The summed E-state index contributed by atoms with van der Waals surface area (Å²) in [7, 11) is 0. The third-order valence-electron chi connectivity index (χ3n) is 5.12. The molecule has 2 atom stereocenters. The maximum Gasteiger partial charge on any atom is 0.293 e. The smallest absolute Gasteiger partial charge is 0.293 e. The SMILES string of the molecule is O=C(Nc1nc2n(n1)C(c1ccc(Cl)cc1)CC(c1ccccc1)N2)c1ccco1. The van der Waals surface area contributed by atoms with Crippen LogP contribution >= 0.6 is 11.6 Å². The molecule has 2 unspecified atom stereocenters. The number of carbonyl (C=O) groups is 1. The maximum atomic E-state index is 12.3. The number of aromatic nitrogens is 3. The first-order valence-electron chi connectivity index (χ1n) is 9.56. The van der Waals surface area contributed by atoms with Gasteiger partial charge in [0.15, 0.2) is 5.76 Å². The minimum absolute atomic E-state index is 0.0530. The van der Waals surface area contributed by atoms with Crippen LogP contribution in [0.25, 0.3) is 0 Å². The fourth-order valence-corrected chi connectivity index (χ4v) is 3.79. The third kappa shape index (κ3) is 3.55. The fourth-order valence-electron chi connectivity index (χ4n) is 3.67. The molecule has 30 heavy (non-hydrogen) atoms. The molecule has 5 rings (SSSR count). The number of hydrogen-bond donors (Lipinski definition) is 2. The zero-order valence-electron chi connectivity index (χ0n) is 15.8. The van der Waals surface area contributed by atoms with E-state index >= 15 is 0 Å². The van der Waals surface area contributed by atoms with E-state index < -0.39 is 5.91 Å². The van der Waals surface area contributed by atoms with Gasteiger partial charge in [-0.3, -0.25) is 10.1 Å². The lowest BCUT2D eigenvalue weighted by molar-refractivity contribution is 0.0995. The minimum atomic E-state index is -0.398. The monoisotopic (exact) mass is 419 g/mol. The van der Waals surface area contributed by atoms with E-state index in [4.69, 9.17) is 16.0 Å². The van der Waals surface area contributed by atoms with Crippen molar-refractivity contribution >= 4 is 29.4 Å². The van der Waals surface area contributed by atoms with Crippen molar-refractivity contribution in [2.45, 2.75) is 18.5 Å². The van der Waals surface area contributed by atoms with E-state index in [9.17, 15) is 4.79 Å². The van der Waals surface area contributed by atoms with Crippen LogP contribution in [0.2, 0.25) is 5.02 Å². The van der Waals surface area contributed by atoms with Gasteiger partial charge in [0.25, 0.3) is 11.9 Å². The van der Waals surface area contributed by atoms with Crippen LogP contribution in [0.1, 0.15) is 40.2 Å². The normalized spacial score (nSPS) is 17.8. The van der Waals surface area contributed by atoms with E-state index in [1.54, 1.807) is 16.8 Å². The van der Waals surface area contributed by atoms with Gasteiger partial charge < -0.3 is 9.73 Å². The molecule has 0 radical (unpaired) electrons. The van der Waals surface area contributed by atoms with Crippen molar-refractivity contribution in [3.8, 4) is 0 Å². The first-order chi connectivity index (χ1) is 14.7. The summed E-state index contributed by atoms with van der Waals surface area (Å²) in [6.45, 7) is 0. The molecule has 8 heteroatoms. The first-order valence-corrected chi connectivity index (χ1v) is 9.93. The Bertz CT molecular complexity index is 1160. The van der Waals surface area contributed by atoms with Crippen molar-refractivity contribution in [1.82, 2.24) is 14.8 Å². The predicted molar refractivity (Wildman–Crippen MR) is 114 cm³/mol. The molecule has 1 aliphatic heterocycles. The number of hydrogen-bond acceptors (Lipinski definition) is 5. The molecule has 4 aromatic rings. The van der Waals surface area contributed by atoms with Gasteiger partial charge in [0.1, 0.15) is 0 Å². The molecule has 1 amide bonds. The number of halogens is 1. The number of fused-ring (bicyclic) bond motifs is 1. The van der Waals surface area contributed by atoms with Crippen LogP contribution in [0.5, 0.6) is 0 Å². The second-order valence-corrected chi connectivity index (χ2v) is 7.48. The average Bonchev–Trinajstić information content (AvgIpc) is 3.44. The zero-order chi connectivity index (χ0) is 20.5. The lowest BCUT2D eigenvalue weighted by Gasteiger charge is -2.31. The van der Waals surface area contributed by atoms with E-state index in [1.165, 1.54) is 6.26 Å². The van der Waals surface area contributed by atoms with E-state index in [0.29, 0.717) is 11.0 Å². The maximum absolute atomic E-state index is 12.3. The van der Waals surface area contributed by atoms with Crippen LogP contribution in [0.3, 0.4) is 0 Å². The van der Waals surface area contributed by atoms with Crippen molar-refractivity contribution in [2.24, 2.45) is 0 Å². The summed E-state index contributed by atoms with van der Waals surface area (Å²) < 4.78 is 6.95. The van der Waals surface area contributed by atoms with Gasteiger partial charge in [-0.1, -0.05) is 54.1 Å². The van der Waals surface area contributed by atoms with Crippen LogP contribution < -0.4 is 10.6 Å². The molecule has 0 saturated carbocycles. The van der Waals surface area contributed by atoms with Crippen LogP contribution in [0, 0.1) is 0 Å². The van der Waals surface area contributed by atoms with E-state index in [0.717, 1.165) is 17.5 Å². The molecule has 2 N–H and O–H groups in total. The van der Waals surface area contributed by atoms with Gasteiger partial charge in [0.2, 0.25) is 5.95 Å². The Balaban J connectivity index is 1.50. The van der Waals surface area contributed by atoms with Crippen LogP contribution in [0.4, 0.5) is 11.9 Å². The van der Waals surface area contributed by atoms with E-state index in [2.05, 4.69) is 32.8 Å². The Labute approximate surface area is 177 Å². The Kier molecular flexibility index (Phi) is 4.72. The highest BCUT2D eigenvalue weighted by molar-refractivity contribution is 6.30. The average molecular weight is 420 g/mol. The van der Waals surface area contributed by atoms with Crippen molar-refractivity contribution in [3.63, 3.8) is 0 Å². The standard InChI is InChI=1S/C22H18ClN5O2/c23-16-10-8-15(9-11-16)18-13-17(14-5-2-1-3-6-14)24-22-26-21(27-28(18)22)25-20(29)19-7-4-12-30-19/h1-12,17-18H,13H2,(H2,24,25,26,27,29). The van der Waals surface area contributed by atoms with Gasteiger partial charge in [0.05, 0.1) is 18.3 Å². The van der Waals surface area contributed by atoms with Crippen LogP contribution in [0.15, 0.2) is 77.4 Å². The quantitative estimate of drug-likeness (QED) is 0.490. The minimum Gasteiger partial charge on any atom is -0.459 e. The van der Waals surface area contributed by atoms with Crippen molar-refractivity contribution in [2.75, 3.05) is 10.6 Å². The molecular formula is C22H18ClN5O2. The Hall–Kier alpha value is -3.58. The fraction of sp³-hybridized carbons (Fsp3) is 0.136. The highest BCUT2D eigenvalue weighted by atomic mass is 35.5. The molecule has 2 aromatic carbocycles. The number of rotatable bonds is 4. The number of furan rings is 1. The second kappa shape index (κ2) is 7.68. The number of benzene rings is 2. The number of carbonyl (C=O) groups excluding carboxylic acids is 1. The van der Waals surface area contributed by atoms with Gasteiger partial charge >= 0.3 is 0 Å². The number of nitrogens with one attached hydrogen (secondary N) is 2. The van der Waals surface area contributed by atoms with Gasteiger partial charge in [-0.25, -0.2) is 4.68 Å². The molecule has 0 aliphatic carbocycles. The Morgan fingerprint density at radius 2 is 1.87 bits per heavy atom. The van der Waals surface area contributed by atoms with Crippen molar-refractivity contribution in [3.05, 3.63) is 94.9 Å². The molecule has 7 nitrogen and oxygen atoms in total. The Morgan fingerprint density at radius 3 is 2.60 bits per heavy atom. The van der Waals surface area contributed by atoms with Crippen molar-refractivity contribution < 1.29 is 9.21 Å². The molecule has 0 bridgehead atoms. The summed E-state index contributed by atoms with van der Waals surface area (Å²) in [6, 6.07) is 21.2. The summed E-state index contributed by atoms with van der Waals surface area (Å²) in [5.74, 6) is 0.606. The van der Waals surface area contributed by atoms with Crippen LogP contribution in [-0.2, 0) is 0 Å². The number of nitrogens with zero attached hydrogens (tertiary/aromatic N) is 3. The summed E-state index contributed by atoms with van der Waals surface area (Å²) in [6.07, 6.45) is 2.22. The lowest BCUT2D eigenvalue weighted by atomic mass is 9.93. The Morgan fingerprint density at radius 1 is 1.07 bits per heavy atom. The lowest BCUT2D eigenvalue weighted by Crippen LogP contribution is -2.28. The predicted octanol–water partition coefficient (Wildman–Crippen LogP) is 4.92. The van der Waals surface area contributed by atoms with Gasteiger partial charge in [-0.05, 0) is 41.8 Å². The summed E-state index contributed by atoms with van der Waals surface area (Å²) in [5.41, 5.74) is 2.23. The van der Waals surface area contributed by atoms with E-state index in [-0.39, 0.29) is 23.8 Å². The van der Waals surface area contributed by atoms with Gasteiger partial charge in [-0.2, -0.15) is 4.98 Å². The molecule has 0 fully saturated rings. The summed E-state index contributed by atoms with van der Waals surface area (Å²) in [5, 5.41) is 11.4. The molecule has 2 aromatic heterocycles. The summed E-state index contributed by atoms with van der Waals surface area (Å²) >= 11 is 6.08. The zero-order valence-corrected chi connectivity index (χ0v) is 16.6. The van der Waals surface area contributed by atoms with Gasteiger partial charge in [0, 0.05) is 5.02 Å². The van der Waals surface area contributed by atoms with Gasteiger partial charge in [-0.15, -0.1) is 5.10 Å². The summed E-state index contributed by atoms with van der Waals surface area (Å²) in [4.78, 5) is 16.8. The third-order valence-corrected chi connectivity index (χ3v) is 5.37. The molecule has 0 saturated heterocycles. The molecule has 3 heterocycles. The number of amides is 1. The van der Waals surface area contributed by atoms with E-state index in [1.807, 2.05) is 42.5 Å². The molecule has 1 aliphatic rings. The molecular weight excluding hydrogens is 402 g/mol. The largest absolute Gasteiger partial charge is 0.459 e. The first kappa shape index (κ1) is 18.4. The molecule has 150 valence electrons. The van der Waals surface area contributed by atoms with Crippen LogP contribution in [-0.4, -0.2) is 20.7 Å². The molecule has 0 spiro atoms. The number of anilines is 2. The second-order valence-electron chi connectivity index (χ2n) is 7.05. The highest BCUT2D eigenvalue weighted by Crippen LogP contribution is 2.38. The van der Waals surface area contributed by atoms with Crippen molar-refractivity contribution in [1.29, 1.82) is 0 Å². The highest BCUT2D eigenvalue weighted by Gasteiger charge is 2.31. The topological polar surface area (TPSA) is 85.0 Å².